The van der Waals surface area contributed by atoms with Gasteiger partial charge in [0.2, 0.25) is 0 Å². The molecule has 3 aromatic rings. The van der Waals surface area contributed by atoms with E-state index in [1.54, 1.807) is 12.1 Å². The maximum atomic E-state index is 11.3. The SMILES string of the molecule is CN=Nc1ccc(N=Nc2ccc([N+](=O)[O-])cc2)c2ccc(S(=O)(=O)[O-])cc12.[Li+]. The molecule has 0 atom stereocenters. The number of non-ortho nitro benzene ring substituents is 1. The summed E-state index contributed by atoms with van der Waals surface area (Å²) in [5, 5.41) is 27.4. The topological polar surface area (TPSA) is 150 Å². The maximum absolute atomic E-state index is 11.3. The fourth-order valence-electron chi connectivity index (χ4n) is 2.49. The van der Waals surface area contributed by atoms with Crippen molar-refractivity contribution in [1.29, 1.82) is 0 Å². The summed E-state index contributed by atoms with van der Waals surface area (Å²) >= 11 is 0. The molecule has 0 heterocycles. The Morgan fingerprint density at radius 1 is 0.862 bits per heavy atom. The molecule has 3 aromatic carbocycles. The van der Waals surface area contributed by atoms with Crippen LogP contribution in [0.4, 0.5) is 22.7 Å². The van der Waals surface area contributed by atoms with Crippen LogP contribution >= 0.6 is 0 Å². The fourth-order valence-corrected chi connectivity index (χ4v) is 2.98. The molecule has 10 nitrogen and oxygen atoms in total. The predicted molar refractivity (Wildman–Crippen MR) is 99.6 cm³/mol. The first-order valence-electron chi connectivity index (χ1n) is 7.78. The molecule has 0 bridgehead atoms. The van der Waals surface area contributed by atoms with Gasteiger partial charge in [-0.15, -0.1) is 5.11 Å². The summed E-state index contributed by atoms with van der Waals surface area (Å²) in [5.41, 5.74) is 1.11. The summed E-state index contributed by atoms with van der Waals surface area (Å²) in [6.07, 6.45) is 0. The number of nitrogens with zero attached hydrogens (tertiary/aromatic N) is 5. The van der Waals surface area contributed by atoms with Gasteiger partial charge in [-0.1, -0.05) is 6.07 Å². The molecule has 0 aliphatic carbocycles. The minimum absolute atomic E-state index is 0. The van der Waals surface area contributed by atoms with Gasteiger partial charge in [0, 0.05) is 30.0 Å². The first-order chi connectivity index (χ1) is 13.3. The average Bonchev–Trinajstić information content (AvgIpc) is 2.66. The summed E-state index contributed by atoms with van der Waals surface area (Å²) in [7, 11) is -3.18. The zero-order chi connectivity index (χ0) is 20.3. The molecule has 0 radical (unpaired) electrons. The zero-order valence-electron chi connectivity index (χ0n) is 15.4. The molecule has 0 spiro atoms. The first kappa shape index (κ1) is 22.3. The summed E-state index contributed by atoms with van der Waals surface area (Å²) in [6.45, 7) is 0. The van der Waals surface area contributed by atoms with Gasteiger partial charge in [-0.25, -0.2) is 8.42 Å². The van der Waals surface area contributed by atoms with Crippen molar-refractivity contribution in [2.24, 2.45) is 20.5 Å². The van der Waals surface area contributed by atoms with E-state index in [0.29, 0.717) is 27.8 Å². The molecule has 29 heavy (non-hydrogen) atoms. The minimum Gasteiger partial charge on any atom is -0.744 e. The van der Waals surface area contributed by atoms with Gasteiger partial charge in [-0.2, -0.15) is 15.3 Å². The van der Waals surface area contributed by atoms with Gasteiger partial charge in [0.1, 0.15) is 10.1 Å². The van der Waals surface area contributed by atoms with Crippen molar-refractivity contribution in [1.82, 2.24) is 0 Å². The van der Waals surface area contributed by atoms with Crippen LogP contribution in [0.15, 0.2) is 79.9 Å². The van der Waals surface area contributed by atoms with E-state index in [1.165, 1.54) is 49.5 Å². The summed E-state index contributed by atoms with van der Waals surface area (Å²) in [5.74, 6) is 0. The van der Waals surface area contributed by atoms with E-state index in [-0.39, 0.29) is 24.5 Å². The van der Waals surface area contributed by atoms with E-state index < -0.39 is 19.9 Å². The largest absolute Gasteiger partial charge is 1.00 e. The second kappa shape index (κ2) is 9.02. The third-order valence-corrected chi connectivity index (χ3v) is 4.60. The van der Waals surface area contributed by atoms with Crippen molar-refractivity contribution < 1.29 is 36.8 Å². The van der Waals surface area contributed by atoms with E-state index in [0.717, 1.165) is 0 Å². The van der Waals surface area contributed by atoms with Gasteiger partial charge in [0.25, 0.3) is 5.69 Å². The van der Waals surface area contributed by atoms with Crippen LogP contribution < -0.4 is 18.9 Å². The van der Waals surface area contributed by atoms with Gasteiger partial charge in [0.15, 0.2) is 0 Å². The van der Waals surface area contributed by atoms with Crippen LogP contribution in [0.3, 0.4) is 0 Å². The van der Waals surface area contributed by atoms with E-state index >= 15 is 0 Å². The standard InChI is InChI=1S/C17H13N5O5S.Li/c1-18-20-17-9-8-16(14-7-6-13(10-15(14)17)28(25,26)27)21-19-11-2-4-12(5-3-11)22(23)24;/h2-10H,1H3,(H,25,26,27);/q;+1/p-1. The molecular weight excluding hydrogens is 393 g/mol. The number of nitro benzene ring substituents is 1. The number of azo groups is 2. The van der Waals surface area contributed by atoms with Crippen LogP contribution in [-0.2, 0) is 10.1 Å². The van der Waals surface area contributed by atoms with E-state index in [4.69, 9.17) is 0 Å². The molecule has 0 aliphatic rings. The Labute approximate surface area is 177 Å². The number of fused-ring (bicyclic) bond motifs is 1. The van der Waals surface area contributed by atoms with Crippen LogP contribution in [0.1, 0.15) is 0 Å². The smallest absolute Gasteiger partial charge is 0.744 e. The average molecular weight is 405 g/mol. The Kier molecular flexibility index (Phi) is 6.94. The Morgan fingerprint density at radius 2 is 1.48 bits per heavy atom. The van der Waals surface area contributed by atoms with E-state index in [9.17, 15) is 23.1 Å². The van der Waals surface area contributed by atoms with Gasteiger partial charge in [-0.05, 0) is 36.4 Å². The summed E-state index contributed by atoms with van der Waals surface area (Å²) in [4.78, 5) is 9.78. The molecule has 12 heteroatoms. The van der Waals surface area contributed by atoms with Crippen molar-refractivity contribution in [2.45, 2.75) is 4.90 Å². The van der Waals surface area contributed by atoms with Crippen molar-refractivity contribution in [3.05, 3.63) is 64.7 Å². The van der Waals surface area contributed by atoms with Gasteiger partial charge in [-0.3, -0.25) is 10.1 Å². The molecule has 0 saturated heterocycles. The number of nitro groups is 1. The monoisotopic (exact) mass is 405 g/mol. The van der Waals surface area contributed by atoms with Gasteiger partial charge in [0.05, 0.1) is 26.9 Å². The van der Waals surface area contributed by atoms with Gasteiger partial charge >= 0.3 is 18.9 Å². The molecular formula is C17H12LiN5O5S. The Morgan fingerprint density at radius 3 is 2.03 bits per heavy atom. The second-order valence-corrected chi connectivity index (χ2v) is 6.92. The Bertz CT molecular complexity index is 1230. The number of hydrogen-bond donors (Lipinski definition) is 0. The van der Waals surface area contributed by atoms with Crippen LogP contribution in [0.5, 0.6) is 0 Å². The van der Waals surface area contributed by atoms with E-state index in [2.05, 4.69) is 20.5 Å². The molecule has 0 fully saturated rings. The Balaban J connectivity index is 0.00000300. The van der Waals surface area contributed by atoms with Crippen LogP contribution in [0.2, 0.25) is 0 Å². The molecule has 0 unspecified atom stereocenters. The van der Waals surface area contributed by atoms with Crippen molar-refractivity contribution >= 4 is 43.6 Å². The van der Waals surface area contributed by atoms with Gasteiger partial charge < -0.3 is 4.55 Å². The quantitative estimate of drug-likeness (QED) is 0.208. The Hall–Kier alpha value is -2.97. The molecule has 0 saturated carbocycles. The molecule has 0 amide bonds. The minimum atomic E-state index is -4.64. The molecule has 0 N–H and O–H groups in total. The normalized spacial score (nSPS) is 11.8. The summed E-state index contributed by atoms with van der Waals surface area (Å²) < 4.78 is 34.0. The van der Waals surface area contributed by atoms with Crippen LogP contribution in [-0.4, -0.2) is 24.9 Å². The predicted octanol–water partition coefficient (Wildman–Crippen LogP) is 1.79. The molecule has 3 rings (SSSR count). The molecule has 0 aliphatic heterocycles. The van der Waals surface area contributed by atoms with Crippen molar-refractivity contribution in [3.63, 3.8) is 0 Å². The second-order valence-electron chi connectivity index (χ2n) is 5.54. The third kappa shape index (κ3) is 5.10. The van der Waals surface area contributed by atoms with Crippen molar-refractivity contribution in [2.75, 3.05) is 7.05 Å². The zero-order valence-corrected chi connectivity index (χ0v) is 16.2. The van der Waals surface area contributed by atoms with Crippen molar-refractivity contribution in [3.8, 4) is 0 Å². The number of hydrogen-bond acceptors (Lipinski definition) is 9. The number of benzene rings is 3. The van der Waals surface area contributed by atoms with E-state index in [1.807, 2.05) is 0 Å². The molecule has 142 valence electrons. The fraction of sp³-hybridized carbons (Fsp3) is 0.0588. The summed E-state index contributed by atoms with van der Waals surface area (Å²) in [6, 6.07) is 12.5. The molecule has 0 aromatic heterocycles. The van der Waals surface area contributed by atoms with Crippen LogP contribution in [0, 0.1) is 10.1 Å². The maximum Gasteiger partial charge on any atom is 1.00 e. The van der Waals surface area contributed by atoms with Crippen LogP contribution in [0.25, 0.3) is 10.8 Å². The first-order valence-corrected chi connectivity index (χ1v) is 9.19. The third-order valence-electron chi connectivity index (χ3n) is 3.77. The number of rotatable bonds is 5.